The first-order valence-electron chi connectivity index (χ1n) is 5.31. The molecule has 2 rings (SSSR count). The van der Waals surface area contributed by atoms with Crippen LogP contribution in [-0.4, -0.2) is 17.5 Å². The third kappa shape index (κ3) is 2.07. The SMILES string of the molecule is NCC1(c2cccnc2C(F)(F)F)CC(F)(F)C1. The van der Waals surface area contributed by atoms with Gasteiger partial charge in [-0.3, -0.25) is 4.98 Å². The molecular weight excluding hydrogens is 255 g/mol. The average Bonchev–Trinajstić information content (AvgIpc) is 2.24. The molecule has 0 amide bonds. The number of nitrogens with two attached hydrogens (primary N) is 1. The molecule has 0 unspecified atom stereocenters. The monoisotopic (exact) mass is 266 g/mol. The van der Waals surface area contributed by atoms with Crippen molar-refractivity contribution < 1.29 is 22.0 Å². The van der Waals surface area contributed by atoms with Crippen LogP contribution < -0.4 is 5.73 Å². The van der Waals surface area contributed by atoms with Crippen LogP contribution in [0.4, 0.5) is 22.0 Å². The summed E-state index contributed by atoms with van der Waals surface area (Å²) in [4.78, 5) is 3.27. The smallest absolute Gasteiger partial charge is 0.330 e. The fourth-order valence-electron chi connectivity index (χ4n) is 2.44. The number of alkyl halides is 5. The minimum Gasteiger partial charge on any atom is -0.330 e. The number of hydrogen-bond donors (Lipinski definition) is 1. The van der Waals surface area contributed by atoms with E-state index in [-0.39, 0.29) is 12.1 Å². The Bertz CT molecular complexity index is 447. The topological polar surface area (TPSA) is 38.9 Å². The molecule has 0 bridgehead atoms. The molecule has 1 saturated carbocycles. The van der Waals surface area contributed by atoms with E-state index in [1.165, 1.54) is 12.1 Å². The van der Waals surface area contributed by atoms with E-state index >= 15 is 0 Å². The first-order valence-corrected chi connectivity index (χ1v) is 5.31. The fourth-order valence-corrected chi connectivity index (χ4v) is 2.44. The van der Waals surface area contributed by atoms with Gasteiger partial charge in [0.05, 0.1) is 0 Å². The lowest BCUT2D eigenvalue weighted by molar-refractivity contribution is -0.150. The van der Waals surface area contributed by atoms with Gasteiger partial charge in [0.1, 0.15) is 5.69 Å². The Kier molecular flexibility index (Phi) is 2.84. The van der Waals surface area contributed by atoms with Crippen molar-refractivity contribution in [2.24, 2.45) is 5.73 Å². The third-order valence-electron chi connectivity index (χ3n) is 3.23. The van der Waals surface area contributed by atoms with E-state index in [4.69, 9.17) is 5.73 Å². The molecule has 1 aliphatic rings. The van der Waals surface area contributed by atoms with Crippen LogP contribution in [0.1, 0.15) is 24.1 Å². The van der Waals surface area contributed by atoms with Crippen molar-refractivity contribution in [2.75, 3.05) is 6.54 Å². The van der Waals surface area contributed by atoms with E-state index in [1.807, 2.05) is 0 Å². The van der Waals surface area contributed by atoms with Gasteiger partial charge in [0, 0.05) is 31.0 Å². The molecule has 100 valence electrons. The van der Waals surface area contributed by atoms with E-state index in [2.05, 4.69) is 4.98 Å². The summed E-state index contributed by atoms with van der Waals surface area (Å²) < 4.78 is 64.3. The normalized spacial score (nSPS) is 21.4. The summed E-state index contributed by atoms with van der Waals surface area (Å²) >= 11 is 0. The van der Waals surface area contributed by atoms with Gasteiger partial charge in [0.25, 0.3) is 0 Å². The van der Waals surface area contributed by atoms with Crippen molar-refractivity contribution in [3.05, 3.63) is 29.6 Å². The Morgan fingerprint density at radius 2 is 1.89 bits per heavy atom. The Morgan fingerprint density at radius 3 is 2.33 bits per heavy atom. The lowest BCUT2D eigenvalue weighted by atomic mass is 9.61. The average molecular weight is 266 g/mol. The molecule has 0 saturated heterocycles. The molecule has 7 heteroatoms. The quantitative estimate of drug-likeness (QED) is 0.836. The summed E-state index contributed by atoms with van der Waals surface area (Å²) in [6, 6.07) is 2.48. The van der Waals surface area contributed by atoms with Crippen LogP contribution >= 0.6 is 0 Å². The zero-order valence-electron chi connectivity index (χ0n) is 9.27. The Balaban J connectivity index is 2.45. The van der Waals surface area contributed by atoms with E-state index in [0.717, 1.165) is 6.20 Å². The highest BCUT2D eigenvalue weighted by Crippen LogP contribution is 2.54. The number of hydrogen-bond acceptors (Lipinski definition) is 2. The summed E-state index contributed by atoms with van der Waals surface area (Å²) in [5.41, 5.74) is 2.74. The van der Waals surface area contributed by atoms with Crippen molar-refractivity contribution in [1.82, 2.24) is 4.98 Å². The van der Waals surface area contributed by atoms with Crippen LogP contribution in [0.25, 0.3) is 0 Å². The number of pyridine rings is 1. The molecule has 18 heavy (non-hydrogen) atoms. The molecule has 0 aromatic carbocycles. The highest BCUT2D eigenvalue weighted by molar-refractivity contribution is 5.36. The van der Waals surface area contributed by atoms with Crippen LogP contribution in [0.2, 0.25) is 0 Å². The van der Waals surface area contributed by atoms with Crippen LogP contribution in [0.3, 0.4) is 0 Å². The molecular formula is C11H11F5N2. The largest absolute Gasteiger partial charge is 0.433 e. The lowest BCUT2D eigenvalue weighted by Crippen LogP contribution is -2.54. The highest BCUT2D eigenvalue weighted by atomic mass is 19.4. The van der Waals surface area contributed by atoms with Gasteiger partial charge in [-0.25, -0.2) is 8.78 Å². The fraction of sp³-hybridized carbons (Fsp3) is 0.545. The molecule has 2 N–H and O–H groups in total. The number of aromatic nitrogens is 1. The lowest BCUT2D eigenvalue weighted by Gasteiger charge is -2.47. The Labute approximate surface area is 100 Å². The Hall–Kier alpha value is -1.24. The van der Waals surface area contributed by atoms with Gasteiger partial charge in [-0.1, -0.05) is 6.07 Å². The molecule has 0 radical (unpaired) electrons. The molecule has 1 aromatic heterocycles. The standard InChI is InChI=1S/C11H11F5N2/c12-10(13)4-9(5-10,6-17)7-2-1-3-18-8(7)11(14,15)16/h1-3H,4-6,17H2. The first-order chi connectivity index (χ1) is 8.20. The minimum atomic E-state index is -4.66. The first kappa shape index (κ1) is 13.2. The zero-order valence-corrected chi connectivity index (χ0v) is 9.27. The molecule has 0 atom stereocenters. The molecule has 1 heterocycles. The van der Waals surface area contributed by atoms with Gasteiger partial charge >= 0.3 is 6.18 Å². The predicted molar refractivity (Wildman–Crippen MR) is 54.2 cm³/mol. The molecule has 0 aliphatic heterocycles. The summed E-state index contributed by atoms with van der Waals surface area (Å²) in [5, 5.41) is 0. The van der Waals surface area contributed by atoms with Crippen LogP contribution in [0.5, 0.6) is 0 Å². The van der Waals surface area contributed by atoms with Crippen molar-refractivity contribution in [3.63, 3.8) is 0 Å². The van der Waals surface area contributed by atoms with Gasteiger partial charge < -0.3 is 5.73 Å². The van der Waals surface area contributed by atoms with Crippen molar-refractivity contribution in [2.45, 2.75) is 30.4 Å². The summed E-state index contributed by atoms with van der Waals surface area (Å²) in [7, 11) is 0. The summed E-state index contributed by atoms with van der Waals surface area (Å²) in [6.45, 7) is -0.253. The third-order valence-corrected chi connectivity index (χ3v) is 3.23. The van der Waals surface area contributed by atoms with E-state index in [0.29, 0.717) is 0 Å². The second kappa shape index (κ2) is 3.88. The van der Waals surface area contributed by atoms with Gasteiger partial charge in [0.2, 0.25) is 5.92 Å². The van der Waals surface area contributed by atoms with Crippen LogP contribution in [0, 0.1) is 0 Å². The van der Waals surface area contributed by atoms with Crippen LogP contribution in [-0.2, 0) is 11.6 Å². The van der Waals surface area contributed by atoms with E-state index < -0.39 is 36.0 Å². The minimum absolute atomic E-state index is 0.231. The van der Waals surface area contributed by atoms with Gasteiger partial charge in [0.15, 0.2) is 0 Å². The second-order valence-electron chi connectivity index (χ2n) is 4.59. The van der Waals surface area contributed by atoms with Gasteiger partial charge in [-0.05, 0) is 11.6 Å². The molecule has 2 nitrogen and oxygen atoms in total. The molecule has 1 fully saturated rings. The number of rotatable bonds is 2. The highest BCUT2D eigenvalue weighted by Gasteiger charge is 2.58. The number of halogens is 5. The molecule has 1 aliphatic carbocycles. The van der Waals surface area contributed by atoms with Crippen LogP contribution in [0.15, 0.2) is 18.3 Å². The number of nitrogens with zero attached hydrogens (tertiary/aromatic N) is 1. The van der Waals surface area contributed by atoms with Crippen molar-refractivity contribution >= 4 is 0 Å². The molecule has 1 aromatic rings. The zero-order chi connectivity index (χ0) is 13.6. The predicted octanol–water partition coefficient (Wildman–Crippen LogP) is 2.73. The molecule has 0 spiro atoms. The van der Waals surface area contributed by atoms with Crippen molar-refractivity contribution in [1.29, 1.82) is 0 Å². The van der Waals surface area contributed by atoms with Crippen molar-refractivity contribution in [3.8, 4) is 0 Å². The maximum Gasteiger partial charge on any atom is 0.433 e. The maximum atomic E-state index is 13.0. The summed E-state index contributed by atoms with van der Waals surface area (Å²) in [5.74, 6) is -2.95. The summed E-state index contributed by atoms with van der Waals surface area (Å²) in [6.07, 6.45) is -4.99. The van der Waals surface area contributed by atoms with E-state index in [1.54, 1.807) is 0 Å². The van der Waals surface area contributed by atoms with Gasteiger partial charge in [-0.2, -0.15) is 13.2 Å². The Morgan fingerprint density at radius 1 is 1.28 bits per heavy atom. The second-order valence-corrected chi connectivity index (χ2v) is 4.59. The van der Waals surface area contributed by atoms with E-state index in [9.17, 15) is 22.0 Å². The van der Waals surface area contributed by atoms with Gasteiger partial charge in [-0.15, -0.1) is 0 Å². The maximum absolute atomic E-state index is 13.0.